The summed E-state index contributed by atoms with van der Waals surface area (Å²) in [6.45, 7) is 2.06. The minimum atomic E-state index is -0.484. The van der Waals surface area contributed by atoms with Crippen molar-refractivity contribution in [2.75, 3.05) is 13.7 Å². The van der Waals surface area contributed by atoms with Crippen molar-refractivity contribution in [1.82, 2.24) is 24.4 Å². The molecule has 0 N–H and O–H groups in total. The Kier molecular flexibility index (Phi) is 6.73. The van der Waals surface area contributed by atoms with E-state index in [1.807, 2.05) is 42.5 Å². The van der Waals surface area contributed by atoms with Gasteiger partial charge in [0, 0.05) is 29.0 Å². The Hall–Kier alpha value is -5.36. The summed E-state index contributed by atoms with van der Waals surface area (Å²) in [6, 6.07) is 21.4. The van der Waals surface area contributed by atoms with Gasteiger partial charge in [0.1, 0.15) is 11.4 Å². The monoisotopic (exact) mass is 566 g/mol. The maximum absolute atomic E-state index is 13.3. The third kappa shape index (κ3) is 4.92. The quantitative estimate of drug-likeness (QED) is 0.194. The second-order valence-corrected chi connectivity index (χ2v) is 9.87. The van der Waals surface area contributed by atoms with Crippen LogP contribution in [0.5, 0.6) is 11.5 Å². The summed E-state index contributed by atoms with van der Waals surface area (Å²) in [5.74, 6) is 1.32. The third-order valence-electron chi connectivity index (χ3n) is 6.31. The molecule has 6 aromatic rings. The van der Waals surface area contributed by atoms with Gasteiger partial charge in [-0.05, 0) is 61.5 Å². The van der Waals surface area contributed by atoms with Crippen LogP contribution in [0.15, 0.2) is 83.8 Å². The molecule has 0 saturated heterocycles. The Bertz CT molecular complexity index is 2000. The number of methoxy groups -OCH3 is 1. The molecule has 204 valence electrons. The Morgan fingerprint density at radius 3 is 2.46 bits per heavy atom. The highest BCUT2D eigenvalue weighted by Gasteiger charge is 2.20. The Morgan fingerprint density at radius 1 is 1.02 bits per heavy atom. The summed E-state index contributed by atoms with van der Waals surface area (Å²) in [6.07, 6.45) is 3.49. The molecule has 0 fully saturated rings. The fourth-order valence-corrected chi connectivity index (χ4v) is 5.25. The van der Waals surface area contributed by atoms with Gasteiger partial charge >= 0.3 is 5.69 Å². The van der Waals surface area contributed by atoms with Crippen LogP contribution in [-0.4, -0.2) is 43.0 Å². The molecule has 0 radical (unpaired) electrons. The van der Waals surface area contributed by atoms with Crippen LogP contribution in [0.25, 0.3) is 39.4 Å². The Balaban J connectivity index is 1.47. The van der Waals surface area contributed by atoms with E-state index < -0.39 is 4.92 Å². The number of hydrogen-bond donors (Lipinski definition) is 0. The van der Waals surface area contributed by atoms with Gasteiger partial charge in [0.15, 0.2) is 11.6 Å². The molecule has 0 aliphatic heterocycles. The highest BCUT2D eigenvalue weighted by molar-refractivity contribution is 7.15. The Labute approximate surface area is 236 Å². The number of nitro groups is 1. The van der Waals surface area contributed by atoms with Gasteiger partial charge in [-0.3, -0.25) is 14.9 Å². The standard InChI is InChI=1S/C29H22N6O5S/c1-3-40-24-14-11-19(15-23(24)35(37)38)26-20(17-33(31-26)21-7-5-4-6-8-21)16-25-28(36)34-29(41-25)30-27(32-34)18-9-12-22(39-2)13-10-18/h4-17H,3H2,1-2H3. The third-order valence-corrected chi connectivity index (χ3v) is 7.27. The zero-order valence-corrected chi connectivity index (χ0v) is 22.7. The van der Waals surface area contributed by atoms with E-state index in [4.69, 9.17) is 14.6 Å². The first kappa shape index (κ1) is 25.9. The van der Waals surface area contributed by atoms with Crippen LogP contribution < -0.4 is 19.6 Å². The molecule has 0 aliphatic carbocycles. The molecule has 6 rings (SSSR count). The first-order chi connectivity index (χ1) is 19.9. The molecule has 3 aromatic heterocycles. The van der Waals surface area contributed by atoms with Crippen molar-refractivity contribution in [3.8, 4) is 39.8 Å². The normalized spacial score (nSPS) is 11.7. The lowest BCUT2D eigenvalue weighted by atomic mass is 10.1. The minimum absolute atomic E-state index is 0.168. The topological polar surface area (TPSA) is 127 Å². The van der Waals surface area contributed by atoms with E-state index in [1.54, 1.807) is 55.3 Å². The number of nitro benzene ring substituents is 1. The van der Waals surface area contributed by atoms with Crippen LogP contribution in [0.4, 0.5) is 5.69 Å². The van der Waals surface area contributed by atoms with Gasteiger partial charge in [0.25, 0.3) is 5.56 Å². The van der Waals surface area contributed by atoms with E-state index in [2.05, 4.69) is 10.1 Å². The lowest BCUT2D eigenvalue weighted by Gasteiger charge is -2.06. The molecule has 0 unspecified atom stereocenters. The van der Waals surface area contributed by atoms with Crippen LogP contribution >= 0.6 is 11.3 Å². The molecule has 11 nitrogen and oxygen atoms in total. The van der Waals surface area contributed by atoms with Crippen LogP contribution in [0, 0.1) is 10.1 Å². The lowest BCUT2D eigenvalue weighted by Crippen LogP contribution is -2.23. The van der Waals surface area contributed by atoms with Crippen molar-refractivity contribution in [2.45, 2.75) is 6.92 Å². The molecule has 0 saturated carbocycles. The molecule has 0 bridgehead atoms. The van der Waals surface area contributed by atoms with E-state index >= 15 is 0 Å². The van der Waals surface area contributed by atoms with E-state index in [0.29, 0.717) is 44.5 Å². The number of ether oxygens (including phenoxy) is 2. The van der Waals surface area contributed by atoms with E-state index in [-0.39, 0.29) is 17.0 Å². The second kappa shape index (κ2) is 10.7. The number of fused-ring (bicyclic) bond motifs is 1. The first-order valence-electron chi connectivity index (χ1n) is 12.6. The average Bonchev–Trinajstić information content (AvgIpc) is 3.69. The van der Waals surface area contributed by atoms with E-state index in [1.165, 1.54) is 21.9 Å². The maximum Gasteiger partial charge on any atom is 0.311 e. The number of thiazole rings is 1. The first-order valence-corrected chi connectivity index (χ1v) is 13.4. The fourth-order valence-electron chi connectivity index (χ4n) is 4.35. The molecular weight excluding hydrogens is 544 g/mol. The van der Waals surface area contributed by atoms with Crippen LogP contribution in [0.1, 0.15) is 12.5 Å². The van der Waals surface area contributed by atoms with Crippen LogP contribution in [0.3, 0.4) is 0 Å². The number of hydrogen-bond acceptors (Lipinski definition) is 9. The molecule has 0 spiro atoms. The summed E-state index contributed by atoms with van der Waals surface area (Å²) in [5, 5.41) is 21.0. The summed E-state index contributed by atoms with van der Waals surface area (Å²) in [5.41, 5.74) is 2.64. The lowest BCUT2D eigenvalue weighted by molar-refractivity contribution is -0.385. The minimum Gasteiger partial charge on any atom is -0.497 e. The van der Waals surface area contributed by atoms with Crippen molar-refractivity contribution in [2.24, 2.45) is 0 Å². The van der Waals surface area contributed by atoms with Crippen LogP contribution in [-0.2, 0) is 0 Å². The number of aromatic nitrogens is 5. The SMILES string of the molecule is CCOc1ccc(-c2nn(-c3ccccc3)cc2C=c2sc3nc(-c4ccc(OC)cc4)nn3c2=O)cc1[N+](=O)[O-]. The van der Waals surface area contributed by atoms with Gasteiger partial charge in [-0.15, -0.1) is 5.10 Å². The highest BCUT2D eigenvalue weighted by Crippen LogP contribution is 2.34. The summed E-state index contributed by atoms with van der Waals surface area (Å²) >= 11 is 1.20. The molecule has 41 heavy (non-hydrogen) atoms. The van der Waals surface area contributed by atoms with Gasteiger partial charge in [-0.25, -0.2) is 4.68 Å². The van der Waals surface area contributed by atoms with Crippen LogP contribution in [0.2, 0.25) is 0 Å². The average molecular weight is 567 g/mol. The highest BCUT2D eigenvalue weighted by atomic mass is 32.1. The van der Waals surface area contributed by atoms with E-state index in [9.17, 15) is 14.9 Å². The van der Waals surface area contributed by atoms with Crippen molar-refractivity contribution < 1.29 is 14.4 Å². The van der Waals surface area contributed by atoms with Gasteiger partial charge in [0.05, 0.1) is 28.9 Å². The molecule has 12 heteroatoms. The van der Waals surface area contributed by atoms with Gasteiger partial charge in [-0.1, -0.05) is 29.5 Å². The van der Waals surface area contributed by atoms with Crippen molar-refractivity contribution in [1.29, 1.82) is 0 Å². The zero-order valence-electron chi connectivity index (χ0n) is 21.9. The molecular formula is C29H22N6O5S. The van der Waals surface area contributed by atoms with Gasteiger partial charge < -0.3 is 9.47 Å². The number of benzene rings is 3. The number of rotatable bonds is 8. The van der Waals surface area contributed by atoms with Crippen molar-refractivity contribution in [3.63, 3.8) is 0 Å². The predicted octanol–water partition coefficient (Wildman–Crippen LogP) is 4.53. The summed E-state index contributed by atoms with van der Waals surface area (Å²) in [7, 11) is 1.59. The molecule has 0 atom stereocenters. The predicted molar refractivity (Wildman–Crippen MR) is 155 cm³/mol. The van der Waals surface area contributed by atoms with Crippen molar-refractivity contribution >= 4 is 28.1 Å². The smallest absolute Gasteiger partial charge is 0.311 e. The number of para-hydroxylation sites is 1. The van der Waals surface area contributed by atoms with E-state index in [0.717, 1.165) is 11.3 Å². The summed E-state index contributed by atoms with van der Waals surface area (Å²) < 4.78 is 14.0. The van der Waals surface area contributed by atoms with Gasteiger partial charge in [-0.2, -0.15) is 14.6 Å². The fraction of sp³-hybridized carbons (Fsp3) is 0.103. The largest absolute Gasteiger partial charge is 0.497 e. The molecule has 3 heterocycles. The van der Waals surface area contributed by atoms with Crippen molar-refractivity contribution in [3.05, 3.63) is 110 Å². The zero-order chi connectivity index (χ0) is 28.5. The molecule has 0 amide bonds. The summed E-state index contributed by atoms with van der Waals surface area (Å²) in [4.78, 5) is 29.7. The van der Waals surface area contributed by atoms with Gasteiger partial charge in [0.2, 0.25) is 4.96 Å². The maximum atomic E-state index is 13.3. The second-order valence-electron chi connectivity index (χ2n) is 8.86. The Morgan fingerprint density at radius 2 is 1.78 bits per heavy atom. The number of nitrogens with zero attached hydrogens (tertiary/aromatic N) is 6. The molecule has 0 aliphatic rings. The molecule has 3 aromatic carbocycles.